The van der Waals surface area contributed by atoms with Crippen molar-refractivity contribution in [2.24, 2.45) is 16.2 Å². The molecule has 7 aromatic rings. The molecule has 0 aliphatic rings. The number of aromatic nitrogens is 2. The fraction of sp³-hybridized carbons (Fsp3) is 0.390. The number of aryl methyl sites for hydroxylation is 1. The van der Waals surface area contributed by atoms with Crippen molar-refractivity contribution in [2.75, 3.05) is 0 Å². The van der Waals surface area contributed by atoms with Gasteiger partial charge < -0.3 is 4.40 Å². The molecule has 2 nitrogen and oxygen atoms in total. The summed E-state index contributed by atoms with van der Waals surface area (Å²) in [6.07, 6.45) is 5.20. The number of hydrogen-bond acceptors (Lipinski definition) is 1. The van der Waals surface area contributed by atoms with Gasteiger partial charge in [0.1, 0.15) is 0 Å². The van der Waals surface area contributed by atoms with Crippen LogP contribution in [0.15, 0.2) is 60.8 Å². The number of fused-ring (bicyclic) bond motifs is 7. The number of pyridine rings is 2. The van der Waals surface area contributed by atoms with E-state index < -0.39 is 0 Å². The molecule has 0 aliphatic carbocycles. The molecule has 0 radical (unpaired) electrons. The molecule has 2 heteroatoms. The highest BCUT2D eigenvalue weighted by molar-refractivity contribution is 6.30. The van der Waals surface area contributed by atoms with Gasteiger partial charge in [-0.15, -0.1) is 0 Å². The maximum atomic E-state index is 5.19. The number of hydrogen-bond donors (Lipinski definition) is 0. The molecule has 0 amide bonds. The third-order valence-electron chi connectivity index (χ3n) is 9.11. The van der Waals surface area contributed by atoms with Crippen LogP contribution in [-0.4, -0.2) is 9.38 Å². The van der Waals surface area contributed by atoms with Crippen LogP contribution < -0.4 is 0 Å². The van der Waals surface area contributed by atoms with E-state index in [1.807, 2.05) is 0 Å². The van der Waals surface area contributed by atoms with Crippen molar-refractivity contribution in [1.29, 1.82) is 0 Å². The molecule has 3 aromatic heterocycles. The number of para-hydroxylation sites is 1. The maximum Gasteiger partial charge on any atom is 0.0823 e. The first-order chi connectivity index (χ1) is 20.1. The highest BCUT2D eigenvalue weighted by Crippen LogP contribution is 2.48. The molecule has 0 fully saturated rings. The van der Waals surface area contributed by atoms with E-state index in [0.717, 1.165) is 24.8 Å². The molecule has 0 saturated heterocycles. The summed E-state index contributed by atoms with van der Waals surface area (Å²) >= 11 is 0. The van der Waals surface area contributed by atoms with E-state index >= 15 is 0 Å². The second-order valence-electron chi connectivity index (χ2n) is 16.8. The number of benzene rings is 4. The normalized spacial score (nSPS) is 13.6. The lowest BCUT2D eigenvalue weighted by Gasteiger charge is -2.28. The van der Waals surface area contributed by atoms with E-state index in [1.54, 1.807) is 0 Å². The lowest BCUT2D eigenvalue weighted by Crippen LogP contribution is -2.16. The molecular weight excluding hydrogens is 520 g/mol. The summed E-state index contributed by atoms with van der Waals surface area (Å²) in [4.78, 5) is 5.19. The maximum absolute atomic E-state index is 5.19. The molecule has 0 spiro atoms. The third-order valence-corrected chi connectivity index (χ3v) is 9.11. The van der Waals surface area contributed by atoms with Crippen LogP contribution in [0, 0.1) is 23.2 Å². The number of rotatable bonds is 3. The lowest BCUT2D eigenvalue weighted by molar-refractivity contribution is 0.395. The van der Waals surface area contributed by atoms with Gasteiger partial charge in [-0.05, 0) is 99.0 Å². The van der Waals surface area contributed by atoms with Gasteiger partial charge in [-0.1, -0.05) is 98.7 Å². The minimum absolute atomic E-state index is 0.158. The predicted octanol–water partition coefficient (Wildman–Crippen LogP) is 11.6. The smallest absolute Gasteiger partial charge is 0.0823 e. The Morgan fingerprint density at radius 2 is 1.28 bits per heavy atom. The molecule has 7 rings (SSSR count). The van der Waals surface area contributed by atoms with Crippen molar-refractivity contribution in [2.45, 2.75) is 88.5 Å². The highest BCUT2D eigenvalue weighted by atomic mass is 14.9. The van der Waals surface area contributed by atoms with Crippen LogP contribution in [0.2, 0.25) is 0 Å². The standard InChI is InChI=1S/C41H46N2/c1-24-27-16-15-25(21-39(2,3)4)19-26(27)20-30-36-35-28(17-18-42-36)31(22-40(5,6)7)32(23-41(8,9)10)34-29-13-11-12-14-33(29)43(37(24)30)38(34)35/h11-20H,21-23H2,1-10H3. The van der Waals surface area contributed by atoms with Gasteiger partial charge >= 0.3 is 0 Å². The summed E-state index contributed by atoms with van der Waals surface area (Å²) in [5, 5.41) is 9.38. The fourth-order valence-electron chi connectivity index (χ4n) is 7.76. The van der Waals surface area contributed by atoms with Crippen LogP contribution in [0.4, 0.5) is 0 Å². The molecule has 0 bridgehead atoms. The SMILES string of the molecule is Cc1c2ccc(CC(C)(C)C)cc2cc2c3nccc4c(CC(C)(C)C)c(CC(C)(C)C)c5c6ccccc6n(c12)c5c43. The Hall–Kier alpha value is -3.65. The molecule has 0 saturated carbocycles. The Kier molecular flexibility index (Phi) is 6.01. The topological polar surface area (TPSA) is 17.3 Å². The van der Waals surface area contributed by atoms with E-state index in [-0.39, 0.29) is 16.2 Å². The molecule has 4 aromatic carbocycles. The molecule has 43 heavy (non-hydrogen) atoms. The molecule has 0 unspecified atom stereocenters. The quantitative estimate of drug-likeness (QED) is 0.154. The Labute approximate surface area is 256 Å². The Morgan fingerprint density at radius 1 is 0.605 bits per heavy atom. The van der Waals surface area contributed by atoms with Gasteiger partial charge in [0.05, 0.1) is 22.1 Å². The van der Waals surface area contributed by atoms with Crippen molar-refractivity contribution in [1.82, 2.24) is 9.38 Å². The predicted molar refractivity (Wildman–Crippen MR) is 188 cm³/mol. The zero-order chi connectivity index (χ0) is 30.6. The van der Waals surface area contributed by atoms with Crippen LogP contribution >= 0.6 is 0 Å². The zero-order valence-electron chi connectivity index (χ0n) is 27.8. The molecule has 0 atom stereocenters. The molecule has 220 valence electrons. The Morgan fingerprint density at radius 3 is 1.98 bits per heavy atom. The average molecular weight is 567 g/mol. The Bertz CT molecular complexity index is 2200. The summed E-state index contributed by atoms with van der Waals surface area (Å²) in [6.45, 7) is 23.6. The van der Waals surface area contributed by atoms with Crippen molar-refractivity contribution in [3.8, 4) is 0 Å². The largest absolute Gasteiger partial charge is 0.308 e. The summed E-state index contributed by atoms with van der Waals surface area (Å²) in [5.41, 5.74) is 11.4. The van der Waals surface area contributed by atoms with E-state index in [0.29, 0.717) is 0 Å². The highest BCUT2D eigenvalue weighted by Gasteiger charge is 2.29. The average Bonchev–Trinajstić information content (AvgIpc) is 3.23. The number of nitrogens with zero attached hydrogens (tertiary/aromatic N) is 2. The fourth-order valence-corrected chi connectivity index (χ4v) is 7.76. The van der Waals surface area contributed by atoms with Gasteiger partial charge in [-0.25, -0.2) is 0 Å². The first-order valence-corrected chi connectivity index (χ1v) is 16.0. The minimum atomic E-state index is 0.158. The van der Waals surface area contributed by atoms with Gasteiger partial charge in [0, 0.05) is 27.7 Å². The van der Waals surface area contributed by atoms with Gasteiger partial charge in [0.25, 0.3) is 0 Å². The zero-order valence-corrected chi connectivity index (χ0v) is 27.8. The van der Waals surface area contributed by atoms with E-state index in [1.165, 1.54) is 76.5 Å². The van der Waals surface area contributed by atoms with Crippen molar-refractivity contribution in [3.05, 3.63) is 83.0 Å². The van der Waals surface area contributed by atoms with Crippen molar-refractivity contribution in [3.63, 3.8) is 0 Å². The van der Waals surface area contributed by atoms with Gasteiger partial charge in [-0.2, -0.15) is 0 Å². The van der Waals surface area contributed by atoms with Crippen LogP contribution in [0.1, 0.15) is 84.6 Å². The Balaban J connectivity index is 1.75. The van der Waals surface area contributed by atoms with E-state index in [2.05, 4.69) is 134 Å². The first-order valence-electron chi connectivity index (χ1n) is 16.0. The molecule has 3 heterocycles. The summed E-state index contributed by atoms with van der Waals surface area (Å²) in [6, 6.07) is 20.9. The molecular formula is C41H46N2. The van der Waals surface area contributed by atoms with Crippen LogP contribution in [0.5, 0.6) is 0 Å². The van der Waals surface area contributed by atoms with Gasteiger partial charge in [-0.3, -0.25) is 4.98 Å². The van der Waals surface area contributed by atoms with E-state index in [9.17, 15) is 0 Å². The summed E-state index contributed by atoms with van der Waals surface area (Å²) < 4.78 is 2.60. The summed E-state index contributed by atoms with van der Waals surface area (Å²) in [7, 11) is 0. The van der Waals surface area contributed by atoms with Crippen molar-refractivity contribution < 1.29 is 0 Å². The van der Waals surface area contributed by atoms with Crippen LogP contribution in [0.25, 0.3) is 59.8 Å². The monoisotopic (exact) mass is 566 g/mol. The second-order valence-corrected chi connectivity index (χ2v) is 16.8. The second kappa shape index (κ2) is 9.18. The van der Waals surface area contributed by atoms with Crippen LogP contribution in [0.3, 0.4) is 0 Å². The lowest BCUT2D eigenvalue weighted by atomic mass is 9.77. The molecule has 0 aliphatic heterocycles. The van der Waals surface area contributed by atoms with Crippen LogP contribution in [-0.2, 0) is 19.3 Å². The minimum Gasteiger partial charge on any atom is -0.308 e. The van der Waals surface area contributed by atoms with Crippen molar-refractivity contribution >= 4 is 59.8 Å². The van der Waals surface area contributed by atoms with Gasteiger partial charge in [0.15, 0.2) is 0 Å². The first kappa shape index (κ1) is 28.1. The van der Waals surface area contributed by atoms with E-state index in [4.69, 9.17) is 4.98 Å². The van der Waals surface area contributed by atoms with Gasteiger partial charge in [0.2, 0.25) is 0 Å². The third kappa shape index (κ3) is 4.57. The summed E-state index contributed by atoms with van der Waals surface area (Å²) in [5.74, 6) is 0. The molecule has 0 N–H and O–H groups in total.